The van der Waals surface area contributed by atoms with Crippen LogP contribution in [-0.4, -0.2) is 29.7 Å². The molecule has 1 aromatic rings. The Bertz CT molecular complexity index is 525. The van der Waals surface area contributed by atoms with Gasteiger partial charge >= 0.3 is 6.09 Å². The van der Waals surface area contributed by atoms with E-state index in [1.807, 2.05) is 39.0 Å². The predicted molar refractivity (Wildman–Crippen MR) is 86.2 cm³/mol. The lowest BCUT2D eigenvalue weighted by molar-refractivity contribution is 0.0198. The Labute approximate surface area is 136 Å². The van der Waals surface area contributed by atoms with Gasteiger partial charge in [0.25, 0.3) is 0 Å². The number of halogens is 2. The SMILES string of the molecule is CC(C)(C)OC(=O)N1CCCC(c2ccc(Cl)c(Cl)c2)C1. The highest BCUT2D eigenvalue weighted by Crippen LogP contribution is 2.31. The van der Waals surface area contributed by atoms with Crippen molar-refractivity contribution in [2.45, 2.75) is 45.1 Å². The first-order valence-corrected chi connectivity index (χ1v) is 7.95. The van der Waals surface area contributed by atoms with Crippen molar-refractivity contribution in [1.29, 1.82) is 0 Å². The minimum absolute atomic E-state index is 0.243. The van der Waals surface area contributed by atoms with E-state index in [1.165, 1.54) is 0 Å². The van der Waals surface area contributed by atoms with Crippen molar-refractivity contribution in [1.82, 2.24) is 4.90 Å². The molecule has 0 aromatic heterocycles. The highest BCUT2D eigenvalue weighted by molar-refractivity contribution is 6.42. The lowest BCUT2D eigenvalue weighted by Crippen LogP contribution is -2.42. The molecule has 0 radical (unpaired) electrons. The van der Waals surface area contributed by atoms with Gasteiger partial charge in [-0.25, -0.2) is 4.79 Å². The van der Waals surface area contributed by atoms with Crippen molar-refractivity contribution >= 4 is 29.3 Å². The van der Waals surface area contributed by atoms with E-state index in [0.29, 0.717) is 16.6 Å². The fourth-order valence-corrected chi connectivity index (χ4v) is 2.81. The molecule has 5 heteroatoms. The number of carbonyl (C=O) groups excluding carboxylic acids is 1. The number of piperidine rings is 1. The normalized spacial score (nSPS) is 19.5. The molecule has 21 heavy (non-hydrogen) atoms. The number of likely N-dealkylation sites (tertiary alicyclic amines) is 1. The monoisotopic (exact) mass is 329 g/mol. The van der Waals surface area contributed by atoms with Gasteiger partial charge in [-0.2, -0.15) is 0 Å². The summed E-state index contributed by atoms with van der Waals surface area (Å²) in [6.07, 6.45) is 1.76. The molecule has 1 fully saturated rings. The summed E-state index contributed by atoms with van der Waals surface area (Å²) < 4.78 is 5.44. The van der Waals surface area contributed by atoms with Crippen molar-refractivity contribution in [3.05, 3.63) is 33.8 Å². The number of hydrogen-bond acceptors (Lipinski definition) is 2. The maximum Gasteiger partial charge on any atom is 0.410 e. The van der Waals surface area contributed by atoms with E-state index in [4.69, 9.17) is 27.9 Å². The van der Waals surface area contributed by atoms with Crippen LogP contribution >= 0.6 is 23.2 Å². The first-order valence-electron chi connectivity index (χ1n) is 7.19. The van der Waals surface area contributed by atoms with Crippen LogP contribution in [0, 0.1) is 0 Å². The minimum atomic E-state index is -0.465. The third kappa shape index (κ3) is 4.52. The van der Waals surface area contributed by atoms with Gasteiger partial charge in [-0.1, -0.05) is 29.3 Å². The maximum atomic E-state index is 12.2. The van der Waals surface area contributed by atoms with Crippen LogP contribution in [0.25, 0.3) is 0 Å². The zero-order valence-corrected chi connectivity index (χ0v) is 14.2. The molecule has 2 rings (SSSR count). The Morgan fingerprint density at radius 3 is 2.62 bits per heavy atom. The van der Waals surface area contributed by atoms with Crippen molar-refractivity contribution in [2.75, 3.05) is 13.1 Å². The topological polar surface area (TPSA) is 29.5 Å². The lowest BCUT2D eigenvalue weighted by Gasteiger charge is -2.34. The second kappa shape index (κ2) is 6.45. The number of hydrogen-bond donors (Lipinski definition) is 0. The number of carbonyl (C=O) groups is 1. The molecule has 1 amide bonds. The number of ether oxygens (including phenoxy) is 1. The zero-order chi connectivity index (χ0) is 15.6. The number of rotatable bonds is 1. The Hall–Kier alpha value is -0.930. The standard InChI is InChI=1S/C16H21Cl2NO2/c1-16(2,3)21-15(20)19-8-4-5-12(10-19)11-6-7-13(17)14(18)9-11/h6-7,9,12H,4-5,8,10H2,1-3H3. The van der Waals surface area contributed by atoms with Gasteiger partial charge in [0, 0.05) is 19.0 Å². The molecule has 0 aliphatic carbocycles. The summed E-state index contributed by atoms with van der Waals surface area (Å²) in [5.41, 5.74) is 0.658. The molecule has 0 N–H and O–H groups in total. The molecule has 1 aromatic carbocycles. The fourth-order valence-electron chi connectivity index (χ4n) is 2.51. The van der Waals surface area contributed by atoms with Gasteiger partial charge < -0.3 is 9.64 Å². The summed E-state index contributed by atoms with van der Waals surface area (Å²) in [5.74, 6) is 0.279. The second-order valence-electron chi connectivity index (χ2n) is 6.44. The van der Waals surface area contributed by atoms with E-state index >= 15 is 0 Å². The molecule has 1 saturated heterocycles. The highest BCUT2D eigenvalue weighted by atomic mass is 35.5. The van der Waals surface area contributed by atoms with Crippen LogP contribution in [0.15, 0.2) is 18.2 Å². The van der Waals surface area contributed by atoms with Crippen LogP contribution < -0.4 is 0 Å². The van der Waals surface area contributed by atoms with Crippen molar-refractivity contribution in [2.24, 2.45) is 0 Å². The molecule has 1 unspecified atom stereocenters. The summed E-state index contributed by atoms with van der Waals surface area (Å²) in [6.45, 7) is 7.04. The van der Waals surface area contributed by atoms with Gasteiger partial charge in [-0.15, -0.1) is 0 Å². The molecular formula is C16H21Cl2NO2. The molecule has 0 bridgehead atoms. The second-order valence-corrected chi connectivity index (χ2v) is 7.25. The van der Waals surface area contributed by atoms with E-state index in [1.54, 1.807) is 4.90 Å². The van der Waals surface area contributed by atoms with Gasteiger partial charge in [0.15, 0.2) is 0 Å². The first kappa shape index (κ1) is 16.4. The lowest BCUT2D eigenvalue weighted by atomic mass is 9.91. The average molecular weight is 330 g/mol. The highest BCUT2D eigenvalue weighted by Gasteiger charge is 2.28. The Morgan fingerprint density at radius 2 is 2.00 bits per heavy atom. The van der Waals surface area contributed by atoms with E-state index in [9.17, 15) is 4.79 Å². The Kier molecular flexibility index (Phi) is 5.05. The third-order valence-corrected chi connectivity index (χ3v) is 4.23. The molecule has 1 aliphatic heterocycles. The summed E-state index contributed by atoms with van der Waals surface area (Å²) in [6, 6.07) is 5.69. The van der Waals surface area contributed by atoms with Crippen LogP contribution in [0.5, 0.6) is 0 Å². The number of amides is 1. The van der Waals surface area contributed by atoms with Crippen LogP contribution in [-0.2, 0) is 4.74 Å². The summed E-state index contributed by atoms with van der Waals surface area (Å²) >= 11 is 12.0. The fraction of sp³-hybridized carbons (Fsp3) is 0.562. The van der Waals surface area contributed by atoms with Crippen molar-refractivity contribution < 1.29 is 9.53 Å². The van der Waals surface area contributed by atoms with Gasteiger partial charge in [-0.3, -0.25) is 0 Å². The van der Waals surface area contributed by atoms with Crippen LogP contribution in [0.3, 0.4) is 0 Å². The number of benzene rings is 1. The smallest absolute Gasteiger partial charge is 0.410 e. The van der Waals surface area contributed by atoms with E-state index in [-0.39, 0.29) is 12.0 Å². The molecule has 0 saturated carbocycles. The minimum Gasteiger partial charge on any atom is -0.444 e. The molecular weight excluding hydrogens is 309 g/mol. The quantitative estimate of drug-likeness (QED) is 0.716. The Balaban J connectivity index is 2.06. The van der Waals surface area contributed by atoms with E-state index in [0.717, 1.165) is 24.9 Å². The van der Waals surface area contributed by atoms with Gasteiger partial charge in [0.2, 0.25) is 0 Å². The molecule has 3 nitrogen and oxygen atoms in total. The summed E-state index contributed by atoms with van der Waals surface area (Å²) in [4.78, 5) is 13.9. The maximum absolute atomic E-state index is 12.2. The molecule has 116 valence electrons. The average Bonchev–Trinajstić information content (AvgIpc) is 2.40. The van der Waals surface area contributed by atoms with Gasteiger partial charge in [0.05, 0.1) is 10.0 Å². The van der Waals surface area contributed by atoms with Crippen LogP contribution in [0.4, 0.5) is 4.79 Å². The summed E-state index contributed by atoms with van der Waals surface area (Å²) in [5, 5.41) is 1.11. The molecule has 1 aliphatic rings. The zero-order valence-electron chi connectivity index (χ0n) is 12.7. The van der Waals surface area contributed by atoms with Crippen molar-refractivity contribution in [3.8, 4) is 0 Å². The van der Waals surface area contributed by atoms with Gasteiger partial charge in [-0.05, 0) is 51.3 Å². The largest absolute Gasteiger partial charge is 0.444 e. The van der Waals surface area contributed by atoms with E-state index in [2.05, 4.69) is 0 Å². The van der Waals surface area contributed by atoms with Crippen molar-refractivity contribution in [3.63, 3.8) is 0 Å². The molecule has 1 heterocycles. The van der Waals surface area contributed by atoms with Crippen LogP contribution in [0.1, 0.15) is 45.1 Å². The molecule has 0 spiro atoms. The van der Waals surface area contributed by atoms with Crippen LogP contribution in [0.2, 0.25) is 10.0 Å². The third-order valence-electron chi connectivity index (χ3n) is 3.49. The van der Waals surface area contributed by atoms with E-state index < -0.39 is 5.60 Å². The van der Waals surface area contributed by atoms with Gasteiger partial charge in [0.1, 0.15) is 5.60 Å². The first-order chi connectivity index (χ1) is 9.76. The Morgan fingerprint density at radius 1 is 1.29 bits per heavy atom. The molecule has 1 atom stereocenters. The predicted octanol–water partition coefficient (Wildman–Crippen LogP) is 5.11. The summed E-state index contributed by atoms with van der Waals surface area (Å²) in [7, 11) is 0. The number of nitrogens with zero attached hydrogens (tertiary/aromatic N) is 1.